The number of Topliss-reactive ketones (excluding diaryl/α,β-unsaturated/α-hetero) is 1. The van der Waals surface area contributed by atoms with E-state index in [9.17, 15) is 23.2 Å². The minimum absolute atomic E-state index is 0.0386. The first kappa shape index (κ1) is 16.1. The lowest BCUT2D eigenvalue weighted by Crippen LogP contribution is -2.27. The van der Waals surface area contributed by atoms with E-state index in [1.165, 1.54) is 12.1 Å². The van der Waals surface area contributed by atoms with Crippen LogP contribution in [0, 0.1) is 11.3 Å². The molecular weight excluding hydrogens is 321 g/mol. The maximum Gasteiger partial charge on any atom is 0.416 e. The normalized spacial score (nSPS) is 21.2. The van der Waals surface area contributed by atoms with Crippen LogP contribution in [0.5, 0.6) is 0 Å². The van der Waals surface area contributed by atoms with E-state index in [1.807, 2.05) is 6.07 Å². The predicted octanol–water partition coefficient (Wildman–Crippen LogP) is 3.52. The van der Waals surface area contributed by atoms with Gasteiger partial charge in [-0.2, -0.15) is 18.4 Å². The zero-order valence-electron chi connectivity index (χ0n) is 12.5. The number of hydrogen-bond acceptors (Lipinski definition) is 4. The molecule has 0 aromatic heterocycles. The standard InChI is InChI=1S/C17H13F3N2O2/c18-17(19,20)10-4-1-3-9(7-10)14-11(8-21)16(22)24-13-6-2-5-12(23)15(13)14/h1,3-4,7,14H,2,5-6,22H2. The van der Waals surface area contributed by atoms with Crippen LogP contribution < -0.4 is 5.73 Å². The maximum atomic E-state index is 13.0. The third kappa shape index (κ3) is 2.64. The Balaban J connectivity index is 2.18. The summed E-state index contributed by atoms with van der Waals surface area (Å²) in [5.74, 6) is -0.953. The summed E-state index contributed by atoms with van der Waals surface area (Å²) >= 11 is 0. The lowest BCUT2D eigenvalue weighted by Gasteiger charge is -2.31. The summed E-state index contributed by atoms with van der Waals surface area (Å²) < 4.78 is 44.4. The molecule has 1 heterocycles. The van der Waals surface area contributed by atoms with Gasteiger partial charge >= 0.3 is 6.18 Å². The molecule has 1 aromatic carbocycles. The smallest absolute Gasteiger partial charge is 0.416 e. The number of carbonyl (C=O) groups excluding carboxylic acids is 1. The van der Waals surface area contributed by atoms with Gasteiger partial charge in [0.2, 0.25) is 5.88 Å². The van der Waals surface area contributed by atoms with Gasteiger partial charge in [0.05, 0.1) is 11.5 Å². The Bertz CT molecular complexity index is 816. The van der Waals surface area contributed by atoms with Crippen LogP contribution in [0.1, 0.15) is 36.3 Å². The number of hydrogen-bond donors (Lipinski definition) is 1. The zero-order valence-corrected chi connectivity index (χ0v) is 12.5. The van der Waals surface area contributed by atoms with Gasteiger partial charge in [0.1, 0.15) is 17.4 Å². The predicted molar refractivity (Wildman–Crippen MR) is 78.0 cm³/mol. The summed E-state index contributed by atoms with van der Waals surface area (Å²) in [4.78, 5) is 12.3. The van der Waals surface area contributed by atoms with E-state index in [4.69, 9.17) is 10.5 Å². The largest absolute Gasteiger partial charge is 0.444 e. The molecule has 4 nitrogen and oxygen atoms in total. The SMILES string of the molecule is N#CC1=C(N)OC2=C(C(=O)CCC2)C1c1cccc(C(F)(F)F)c1. The quantitative estimate of drug-likeness (QED) is 0.852. The molecule has 1 unspecified atom stereocenters. The van der Waals surface area contributed by atoms with Gasteiger partial charge in [-0.05, 0) is 18.1 Å². The average Bonchev–Trinajstić information content (AvgIpc) is 2.53. The number of benzene rings is 1. The van der Waals surface area contributed by atoms with Crippen LogP contribution in [-0.4, -0.2) is 5.78 Å². The van der Waals surface area contributed by atoms with E-state index < -0.39 is 17.7 Å². The van der Waals surface area contributed by atoms with Crippen molar-refractivity contribution in [1.29, 1.82) is 5.26 Å². The van der Waals surface area contributed by atoms with Crippen molar-refractivity contribution in [2.45, 2.75) is 31.4 Å². The monoisotopic (exact) mass is 334 g/mol. The topological polar surface area (TPSA) is 76.1 Å². The number of allylic oxidation sites excluding steroid dienone is 3. The van der Waals surface area contributed by atoms with Crippen molar-refractivity contribution in [2.24, 2.45) is 5.73 Å². The summed E-state index contributed by atoms with van der Waals surface area (Å²) in [6.07, 6.45) is -3.19. The van der Waals surface area contributed by atoms with Crippen LogP contribution in [0.15, 0.2) is 47.1 Å². The number of nitrogens with zero attached hydrogens (tertiary/aromatic N) is 1. The molecule has 24 heavy (non-hydrogen) atoms. The van der Waals surface area contributed by atoms with Gasteiger partial charge in [0, 0.05) is 18.4 Å². The van der Waals surface area contributed by atoms with Crippen LogP contribution >= 0.6 is 0 Å². The molecule has 1 atom stereocenters. The molecule has 0 amide bonds. The molecule has 2 aliphatic rings. The Kier molecular flexibility index (Phi) is 3.84. The van der Waals surface area contributed by atoms with Crippen LogP contribution in [0.25, 0.3) is 0 Å². The molecule has 0 spiro atoms. The van der Waals surface area contributed by atoms with Crippen molar-refractivity contribution in [3.63, 3.8) is 0 Å². The van der Waals surface area contributed by atoms with Crippen molar-refractivity contribution < 1.29 is 22.7 Å². The van der Waals surface area contributed by atoms with Crippen molar-refractivity contribution in [3.05, 3.63) is 58.2 Å². The third-order valence-corrected chi connectivity index (χ3v) is 4.15. The fourth-order valence-electron chi connectivity index (χ4n) is 3.08. The van der Waals surface area contributed by atoms with Crippen LogP contribution in [0.3, 0.4) is 0 Å². The van der Waals surface area contributed by atoms with E-state index in [-0.39, 0.29) is 34.8 Å². The molecule has 7 heteroatoms. The molecule has 0 saturated carbocycles. The average molecular weight is 334 g/mol. The Hall–Kier alpha value is -2.75. The van der Waals surface area contributed by atoms with Gasteiger partial charge in [0.25, 0.3) is 0 Å². The molecule has 1 aliphatic carbocycles. The van der Waals surface area contributed by atoms with Crippen molar-refractivity contribution in [2.75, 3.05) is 0 Å². The summed E-state index contributed by atoms with van der Waals surface area (Å²) in [7, 11) is 0. The molecule has 0 saturated heterocycles. The fourth-order valence-corrected chi connectivity index (χ4v) is 3.08. The minimum Gasteiger partial charge on any atom is -0.444 e. The van der Waals surface area contributed by atoms with Gasteiger partial charge in [-0.3, -0.25) is 4.79 Å². The van der Waals surface area contributed by atoms with Crippen molar-refractivity contribution in [3.8, 4) is 6.07 Å². The second-order valence-corrected chi connectivity index (χ2v) is 5.66. The number of alkyl halides is 3. The van der Waals surface area contributed by atoms with E-state index in [2.05, 4.69) is 0 Å². The van der Waals surface area contributed by atoms with Gasteiger partial charge in [-0.25, -0.2) is 0 Å². The number of nitriles is 1. The van der Waals surface area contributed by atoms with Gasteiger partial charge in [-0.15, -0.1) is 0 Å². The number of halogens is 3. The molecule has 124 valence electrons. The number of ether oxygens (including phenoxy) is 1. The summed E-state index contributed by atoms with van der Waals surface area (Å²) in [6, 6.07) is 6.49. The first-order valence-electron chi connectivity index (χ1n) is 7.34. The van der Waals surface area contributed by atoms with Gasteiger partial charge < -0.3 is 10.5 Å². The number of rotatable bonds is 1. The van der Waals surface area contributed by atoms with E-state index in [0.717, 1.165) is 12.1 Å². The number of nitrogens with two attached hydrogens (primary N) is 1. The highest BCUT2D eigenvalue weighted by atomic mass is 19.4. The number of carbonyl (C=O) groups is 1. The second kappa shape index (κ2) is 5.71. The molecule has 2 N–H and O–H groups in total. The first-order chi connectivity index (χ1) is 11.3. The molecular formula is C17H13F3N2O2. The van der Waals surface area contributed by atoms with Crippen LogP contribution in [-0.2, 0) is 15.7 Å². The Morgan fingerprint density at radius 1 is 1.29 bits per heavy atom. The number of ketones is 1. The van der Waals surface area contributed by atoms with Crippen LogP contribution in [0.4, 0.5) is 13.2 Å². The molecule has 3 rings (SSSR count). The Morgan fingerprint density at radius 2 is 2.04 bits per heavy atom. The molecule has 0 bridgehead atoms. The summed E-state index contributed by atoms with van der Waals surface area (Å²) in [6.45, 7) is 0. The van der Waals surface area contributed by atoms with E-state index in [0.29, 0.717) is 18.6 Å². The molecule has 0 radical (unpaired) electrons. The summed E-state index contributed by atoms with van der Waals surface area (Å²) in [5.41, 5.74) is 5.33. The van der Waals surface area contributed by atoms with Gasteiger partial charge in [0.15, 0.2) is 5.78 Å². The summed E-state index contributed by atoms with van der Waals surface area (Å²) in [5, 5.41) is 9.37. The lowest BCUT2D eigenvalue weighted by atomic mass is 9.77. The maximum absolute atomic E-state index is 13.0. The zero-order chi connectivity index (χ0) is 17.5. The third-order valence-electron chi connectivity index (χ3n) is 4.15. The molecule has 1 aromatic rings. The van der Waals surface area contributed by atoms with Gasteiger partial charge in [-0.1, -0.05) is 18.2 Å². The van der Waals surface area contributed by atoms with E-state index >= 15 is 0 Å². The van der Waals surface area contributed by atoms with Crippen molar-refractivity contribution in [1.82, 2.24) is 0 Å². The molecule has 0 fully saturated rings. The van der Waals surface area contributed by atoms with Crippen LogP contribution in [0.2, 0.25) is 0 Å². The Morgan fingerprint density at radius 3 is 2.71 bits per heavy atom. The highest BCUT2D eigenvalue weighted by molar-refractivity contribution is 5.99. The highest BCUT2D eigenvalue weighted by Gasteiger charge is 2.39. The first-order valence-corrected chi connectivity index (χ1v) is 7.34. The Labute approximate surface area is 136 Å². The van der Waals surface area contributed by atoms with E-state index in [1.54, 1.807) is 0 Å². The molecule has 1 aliphatic heterocycles. The fraction of sp³-hybridized carbons (Fsp3) is 0.294. The second-order valence-electron chi connectivity index (χ2n) is 5.66. The minimum atomic E-state index is -4.52. The lowest BCUT2D eigenvalue weighted by molar-refractivity contribution is -0.137. The van der Waals surface area contributed by atoms with Crippen molar-refractivity contribution >= 4 is 5.78 Å². The highest BCUT2D eigenvalue weighted by Crippen LogP contribution is 2.44.